The Balaban J connectivity index is 1.81. The SMILES string of the molecule is CCCC(CCNc1nc2ccccc2s1)CCC(=O)O. The van der Waals surface area contributed by atoms with Crippen LogP contribution in [0, 0.1) is 5.92 Å². The van der Waals surface area contributed by atoms with Crippen LogP contribution in [-0.2, 0) is 4.79 Å². The van der Waals surface area contributed by atoms with Crippen LogP contribution < -0.4 is 5.32 Å². The van der Waals surface area contributed by atoms with Gasteiger partial charge in [0.25, 0.3) is 0 Å². The number of para-hydroxylation sites is 1. The number of hydrogen-bond acceptors (Lipinski definition) is 4. The van der Waals surface area contributed by atoms with Crippen molar-refractivity contribution in [2.75, 3.05) is 11.9 Å². The fraction of sp³-hybridized carbons (Fsp3) is 0.500. The molecule has 1 atom stereocenters. The maximum Gasteiger partial charge on any atom is 0.303 e. The zero-order chi connectivity index (χ0) is 15.1. The first kappa shape index (κ1) is 15.8. The van der Waals surface area contributed by atoms with Gasteiger partial charge in [-0.25, -0.2) is 4.98 Å². The lowest BCUT2D eigenvalue weighted by atomic mass is 9.94. The smallest absolute Gasteiger partial charge is 0.303 e. The van der Waals surface area contributed by atoms with Crippen LogP contribution in [0.3, 0.4) is 0 Å². The molecule has 0 aliphatic rings. The number of rotatable bonds is 9. The number of carboxylic acid groups (broad SMARTS) is 1. The number of fused-ring (bicyclic) bond motifs is 1. The Morgan fingerprint density at radius 3 is 2.86 bits per heavy atom. The number of carbonyl (C=O) groups is 1. The summed E-state index contributed by atoms with van der Waals surface area (Å²) in [6.07, 6.45) is 4.23. The molecule has 0 saturated carbocycles. The minimum absolute atomic E-state index is 0.270. The quantitative estimate of drug-likeness (QED) is 0.721. The van der Waals surface area contributed by atoms with E-state index in [9.17, 15) is 4.79 Å². The van der Waals surface area contributed by atoms with Crippen molar-refractivity contribution in [3.63, 3.8) is 0 Å². The molecule has 5 heteroatoms. The van der Waals surface area contributed by atoms with Crippen molar-refractivity contribution in [3.8, 4) is 0 Å². The van der Waals surface area contributed by atoms with E-state index in [4.69, 9.17) is 5.11 Å². The molecule has 1 aromatic heterocycles. The van der Waals surface area contributed by atoms with E-state index in [1.54, 1.807) is 11.3 Å². The third-order valence-electron chi connectivity index (χ3n) is 3.59. The number of benzene rings is 1. The molecule has 0 bridgehead atoms. The van der Waals surface area contributed by atoms with E-state index in [0.29, 0.717) is 5.92 Å². The normalized spacial score (nSPS) is 12.4. The van der Waals surface area contributed by atoms with Gasteiger partial charge in [-0.3, -0.25) is 4.79 Å². The average Bonchev–Trinajstić information content (AvgIpc) is 2.87. The molecule has 0 saturated heterocycles. The molecule has 0 radical (unpaired) electrons. The van der Waals surface area contributed by atoms with Gasteiger partial charge in [0.1, 0.15) is 0 Å². The van der Waals surface area contributed by atoms with Crippen molar-refractivity contribution in [2.24, 2.45) is 5.92 Å². The number of nitrogens with one attached hydrogen (secondary N) is 1. The molecule has 114 valence electrons. The molecular formula is C16H22N2O2S. The second-order valence-electron chi connectivity index (χ2n) is 5.29. The standard InChI is InChI=1S/C16H22N2O2S/c1-2-5-12(8-9-15(19)20)10-11-17-16-18-13-6-3-4-7-14(13)21-16/h3-4,6-7,12H,2,5,8-11H2,1H3,(H,17,18)(H,19,20). The van der Waals surface area contributed by atoms with Gasteiger partial charge in [-0.05, 0) is 30.9 Å². The Morgan fingerprint density at radius 2 is 2.14 bits per heavy atom. The summed E-state index contributed by atoms with van der Waals surface area (Å²) in [6.45, 7) is 3.00. The van der Waals surface area contributed by atoms with Gasteiger partial charge in [-0.1, -0.05) is 43.2 Å². The first-order chi connectivity index (χ1) is 10.2. The molecule has 2 rings (SSSR count). The Labute approximate surface area is 129 Å². The highest BCUT2D eigenvalue weighted by molar-refractivity contribution is 7.22. The fourth-order valence-corrected chi connectivity index (χ4v) is 3.39. The summed E-state index contributed by atoms with van der Waals surface area (Å²) in [7, 11) is 0. The monoisotopic (exact) mass is 306 g/mol. The molecule has 1 aromatic carbocycles. The fourth-order valence-electron chi connectivity index (χ4n) is 2.50. The van der Waals surface area contributed by atoms with E-state index < -0.39 is 5.97 Å². The number of aliphatic carboxylic acids is 1. The molecule has 0 aliphatic carbocycles. The maximum atomic E-state index is 10.7. The van der Waals surface area contributed by atoms with Gasteiger partial charge >= 0.3 is 5.97 Å². The molecule has 0 spiro atoms. The first-order valence-electron chi connectivity index (χ1n) is 7.50. The third-order valence-corrected chi connectivity index (χ3v) is 4.58. The summed E-state index contributed by atoms with van der Waals surface area (Å²) in [5.74, 6) is -0.219. The van der Waals surface area contributed by atoms with Crippen molar-refractivity contribution >= 4 is 32.7 Å². The number of hydrogen-bond donors (Lipinski definition) is 2. The largest absolute Gasteiger partial charge is 0.481 e. The number of aromatic nitrogens is 1. The summed E-state index contributed by atoms with van der Waals surface area (Å²) in [6, 6.07) is 8.11. The predicted octanol–water partition coefficient (Wildman–Crippen LogP) is 4.38. The molecule has 1 unspecified atom stereocenters. The van der Waals surface area contributed by atoms with E-state index in [2.05, 4.69) is 23.3 Å². The second kappa shape index (κ2) is 7.98. The van der Waals surface area contributed by atoms with Gasteiger partial charge in [-0.15, -0.1) is 0 Å². The van der Waals surface area contributed by atoms with Crippen LogP contribution in [0.2, 0.25) is 0 Å². The van der Waals surface area contributed by atoms with E-state index in [0.717, 1.165) is 42.9 Å². The molecule has 1 heterocycles. The van der Waals surface area contributed by atoms with Crippen molar-refractivity contribution in [2.45, 2.75) is 39.0 Å². The van der Waals surface area contributed by atoms with Gasteiger partial charge in [0.05, 0.1) is 10.2 Å². The van der Waals surface area contributed by atoms with Crippen LogP contribution in [0.1, 0.15) is 39.0 Å². The van der Waals surface area contributed by atoms with Gasteiger partial charge in [0, 0.05) is 13.0 Å². The zero-order valence-electron chi connectivity index (χ0n) is 12.3. The molecule has 2 aromatic rings. The highest BCUT2D eigenvalue weighted by atomic mass is 32.1. The van der Waals surface area contributed by atoms with Crippen molar-refractivity contribution < 1.29 is 9.90 Å². The summed E-state index contributed by atoms with van der Waals surface area (Å²) in [4.78, 5) is 15.2. The van der Waals surface area contributed by atoms with Gasteiger partial charge < -0.3 is 10.4 Å². The van der Waals surface area contributed by atoms with Gasteiger partial charge in [-0.2, -0.15) is 0 Å². The molecule has 0 fully saturated rings. The number of thiazole rings is 1. The molecular weight excluding hydrogens is 284 g/mol. The molecule has 0 aliphatic heterocycles. The minimum Gasteiger partial charge on any atom is -0.481 e. The lowest BCUT2D eigenvalue weighted by molar-refractivity contribution is -0.137. The number of nitrogens with zero attached hydrogens (tertiary/aromatic N) is 1. The third kappa shape index (κ3) is 5.01. The molecule has 0 amide bonds. The van der Waals surface area contributed by atoms with E-state index >= 15 is 0 Å². The summed E-state index contributed by atoms with van der Waals surface area (Å²) in [5.41, 5.74) is 1.03. The van der Waals surface area contributed by atoms with E-state index in [1.165, 1.54) is 4.70 Å². The number of carboxylic acids is 1. The van der Waals surface area contributed by atoms with Crippen molar-refractivity contribution in [1.29, 1.82) is 0 Å². The van der Waals surface area contributed by atoms with Crippen LogP contribution in [0.25, 0.3) is 10.2 Å². The van der Waals surface area contributed by atoms with Crippen molar-refractivity contribution in [3.05, 3.63) is 24.3 Å². The van der Waals surface area contributed by atoms with Crippen LogP contribution in [0.4, 0.5) is 5.13 Å². The Bertz CT molecular complexity index is 549. The van der Waals surface area contributed by atoms with E-state index in [1.807, 2.05) is 18.2 Å². The van der Waals surface area contributed by atoms with Crippen LogP contribution in [0.5, 0.6) is 0 Å². The molecule has 4 nitrogen and oxygen atoms in total. The molecule has 21 heavy (non-hydrogen) atoms. The highest BCUT2D eigenvalue weighted by Crippen LogP contribution is 2.26. The lowest BCUT2D eigenvalue weighted by Crippen LogP contribution is -2.11. The average molecular weight is 306 g/mol. The summed E-state index contributed by atoms with van der Waals surface area (Å²) >= 11 is 1.66. The number of anilines is 1. The lowest BCUT2D eigenvalue weighted by Gasteiger charge is -2.15. The first-order valence-corrected chi connectivity index (χ1v) is 8.32. The van der Waals surface area contributed by atoms with Crippen molar-refractivity contribution in [1.82, 2.24) is 4.98 Å². The van der Waals surface area contributed by atoms with Crippen LogP contribution in [-0.4, -0.2) is 22.6 Å². The Hall–Kier alpha value is -1.62. The minimum atomic E-state index is -0.699. The van der Waals surface area contributed by atoms with Crippen LogP contribution in [0.15, 0.2) is 24.3 Å². The Morgan fingerprint density at radius 1 is 1.33 bits per heavy atom. The van der Waals surface area contributed by atoms with Gasteiger partial charge in [0.2, 0.25) is 0 Å². The zero-order valence-corrected chi connectivity index (χ0v) is 13.2. The van der Waals surface area contributed by atoms with Gasteiger partial charge in [0.15, 0.2) is 5.13 Å². The predicted molar refractivity (Wildman–Crippen MR) is 88.0 cm³/mol. The highest BCUT2D eigenvalue weighted by Gasteiger charge is 2.10. The maximum absolute atomic E-state index is 10.7. The van der Waals surface area contributed by atoms with Crippen LogP contribution >= 0.6 is 11.3 Å². The second-order valence-corrected chi connectivity index (χ2v) is 6.32. The molecule has 2 N–H and O–H groups in total. The summed E-state index contributed by atoms with van der Waals surface area (Å²) < 4.78 is 1.19. The Kier molecular flexibility index (Phi) is 5.99. The topological polar surface area (TPSA) is 62.2 Å². The summed E-state index contributed by atoms with van der Waals surface area (Å²) in [5, 5.41) is 13.1. The van der Waals surface area contributed by atoms with E-state index in [-0.39, 0.29) is 6.42 Å².